The van der Waals surface area contributed by atoms with Crippen LogP contribution in [0.15, 0.2) is 29.4 Å². The van der Waals surface area contributed by atoms with Crippen LogP contribution in [0.2, 0.25) is 0 Å². The Morgan fingerprint density at radius 1 is 1.18 bits per heavy atom. The number of carbonyl (C=O) groups excluding carboxylic acids is 1. The van der Waals surface area contributed by atoms with E-state index in [1.807, 2.05) is 18.7 Å². The average Bonchev–Trinajstić information content (AvgIpc) is 3.18. The van der Waals surface area contributed by atoms with Gasteiger partial charge in [-0.2, -0.15) is 0 Å². The van der Waals surface area contributed by atoms with Crippen molar-refractivity contribution in [3.05, 3.63) is 35.9 Å². The molecule has 178 valence electrons. The van der Waals surface area contributed by atoms with E-state index in [-0.39, 0.29) is 21.5 Å². The van der Waals surface area contributed by atoms with Crippen molar-refractivity contribution < 1.29 is 22.3 Å². The molecule has 33 heavy (non-hydrogen) atoms. The number of carbonyl (C=O) groups is 1. The molecule has 0 radical (unpaired) electrons. The Morgan fingerprint density at radius 2 is 1.91 bits per heavy atom. The minimum atomic E-state index is -3.50. The van der Waals surface area contributed by atoms with E-state index in [0.717, 1.165) is 12.3 Å². The van der Waals surface area contributed by atoms with E-state index in [0.29, 0.717) is 61.8 Å². The summed E-state index contributed by atoms with van der Waals surface area (Å²) in [6.45, 7) is 5.74. The molecule has 0 atom stereocenters. The summed E-state index contributed by atoms with van der Waals surface area (Å²) in [7, 11) is -3.50. The number of ether oxygens (including phenoxy) is 1. The first kappa shape index (κ1) is 23.7. The standard InChI is InChI=1S/C22H27FN4O4S2/c1-14(2)32-22(28)26-7-5-16(6-8-26)31-20-12-19(24-13-25-20)27-9-4-15-10-17(33(3,29)30)11-18(23)21(15)27/h10-14,16H,4-9H2,1-3H3. The Labute approximate surface area is 197 Å². The summed E-state index contributed by atoms with van der Waals surface area (Å²) in [4.78, 5) is 24.3. The molecule has 0 spiro atoms. The van der Waals surface area contributed by atoms with Gasteiger partial charge in [-0.25, -0.2) is 22.8 Å². The number of piperidine rings is 1. The number of thioether (sulfide) groups is 1. The summed E-state index contributed by atoms with van der Waals surface area (Å²) in [6.07, 6.45) is 4.30. The number of benzene rings is 1. The summed E-state index contributed by atoms with van der Waals surface area (Å²) < 4.78 is 44.6. The zero-order chi connectivity index (χ0) is 23.8. The van der Waals surface area contributed by atoms with Crippen LogP contribution in [-0.4, -0.2) is 65.8 Å². The third-order valence-electron chi connectivity index (χ3n) is 5.65. The normalized spacial score (nSPS) is 16.9. The smallest absolute Gasteiger partial charge is 0.281 e. The highest BCUT2D eigenvalue weighted by molar-refractivity contribution is 8.14. The first-order chi connectivity index (χ1) is 15.6. The zero-order valence-electron chi connectivity index (χ0n) is 18.8. The van der Waals surface area contributed by atoms with Gasteiger partial charge in [0.1, 0.15) is 24.1 Å². The van der Waals surface area contributed by atoms with Crippen LogP contribution in [0.3, 0.4) is 0 Å². The van der Waals surface area contributed by atoms with Gasteiger partial charge in [0, 0.05) is 50.0 Å². The molecule has 0 unspecified atom stereocenters. The molecule has 2 aromatic rings. The van der Waals surface area contributed by atoms with Crippen LogP contribution in [0.4, 0.5) is 20.7 Å². The lowest BCUT2D eigenvalue weighted by Gasteiger charge is -2.32. The van der Waals surface area contributed by atoms with E-state index in [2.05, 4.69) is 9.97 Å². The number of hydrogen-bond acceptors (Lipinski definition) is 8. The van der Waals surface area contributed by atoms with Gasteiger partial charge in [-0.3, -0.25) is 4.79 Å². The van der Waals surface area contributed by atoms with Crippen molar-refractivity contribution in [2.45, 2.75) is 49.4 Å². The average molecular weight is 495 g/mol. The van der Waals surface area contributed by atoms with Gasteiger partial charge in [0.05, 0.1) is 10.6 Å². The topological polar surface area (TPSA) is 92.7 Å². The summed E-state index contributed by atoms with van der Waals surface area (Å²) in [5.41, 5.74) is 0.967. The van der Waals surface area contributed by atoms with E-state index >= 15 is 0 Å². The van der Waals surface area contributed by atoms with E-state index in [1.165, 1.54) is 24.2 Å². The molecule has 1 amide bonds. The molecule has 2 aliphatic heterocycles. The fraction of sp³-hybridized carbons (Fsp3) is 0.500. The first-order valence-electron chi connectivity index (χ1n) is 10.9. The van der Waals surface area contributed by atoms with Crippen molar-refractivity contribution in [2.24, 2.45) is 0 Å². The Balaban J connectivity index is 1.45. The van der Waals surface area contributed by atoms with E-state index in [4.69, 9.17) is 4.74 Å². The molecule has 1 aromatic carbocycles. The molecule has 0 bridgehead atoms. The highest BCUT2D eigenvalue weighted by atomic mass is 32.2. The lowest BCUT2D eigenvalue weighted by Crippen LogP contribution is -2.40. The van der Waals surface area contributed by atoms with Crippen molar-refractivity contribution >= 4 is 38.3 Å². The van der Waals surface area contributed by atoms with Gasteiger partial charge >= 0.3 is 0 Å². The number of rotatable bonds is 5. The predicted molar refractivity (Wildman–Crippen MR) is 126 cm³/mol. The minimum Gasteiger partial charge on any atom is -0.474 e. The number of likely N-dealkylation sites (tertiary alicyclic amines) is 1. The number of nitrogens with zero attached hydrogens (tertiary/aromatic N) is 4. The van der Waals surface area contributed by atoms with E-state index in [9.17, 15) is 17.6 Å². The molecule has 0 N–H and O–H groups in total. The molecule has 4 rings (SSSR count). The second-order valence-corrected chi connectivity index (χ2v) is 12.1. The highest BCUT2D eigenvalue weighted by Crippen LogP contribution is 2.38. The molecule has 1 fully saturated rings. The quantitative estimate of drug-likeness (QED) is 0.620. The lowest BCUT2D eigenvalue weighted by molar-refractivity contribution is 0.115. The molecular formula is C22H27FN4O4S2. The van der Waals surface area contributed by atoms with Gasteiger partial charge in [-0.05, 0) is 24.1 Å². The zero-order valence-corrected chi connectivity index (χ0v) is 20.5. The maximum Gasteiger partial charge on any atom is 0.281 e. The van der Waals surface area contributed by atoms with Crippen LogP contribution in [0.1, 0.15) is 32.3 Å². The molecule has 8 nitrogen and oxygen atoms in total. The van der Waals surface area contributed by atoms with Crippen LogP contribution >= 0.6 is 11.8 Å². The SMILES string of the molecule is CC(C)SC(=O)N1CCC(Oc2cc(N3CCc4cc(S(C)(=O)=O)cc(F)c43)ncn2)CC1. The van der Waals surface area contributed by atoms with Gasteiger partial charge in [0.15, 0.2) is 9.84 Å². The van der Waals surface area contributed by atoms with Crippen LogP contribution < -0.4 is 9.64 Å². The maximum atomic E-state index is 14.9. The molecule has 1 aromatic heterocycles. The van der Waals surface area contributed by atoms with Gasteiger partial charge in [0.2, 0.25) is 5.88 Å². The Bertz CT molecular complexity index is 1150. The van der Waals surface area contributed by atoms with Crippen molar-refractivity contribution in [3.8, 4) is 5.88 Å². The van der Waals surface area contributed by atoms with Crippen molar-refractivity contribution in [1.82, 2.24) is 14.9 Å². The number of sulfone groups is 1. The van der Waals surface area contributed by atoms with E-state index in [1.54, 1.807) is 11.0 Å². The van der Waals surface area contributed by atoms with Gasteiger partial charge < -0.3 is 14.5 Å². The fourth-order valence-corrected chi connectivity index (χ4v) is 5.46. The second-order valence-electron chi connectivity index (χ2n) is 8.54. The molecule has 11 heteroatoms. The predicted octanol–water partition coefficient (Wildman–Crippen LogP) is 3.82. The third-order valence-corrected chi connectivity index (χ3v) is 7.67. The number of amides is 1. The summed E-state index contributed by atoms with van der Waals surface area (Å²) in [6, 6.07) is 4.25. The van der Waals surface area contributed by atoms with E-state index < -0.39 is 15.7 Å². The summed E-state index contributed by atoms with van der Waals surface area (Å²) in [5, 5.41) is 0.353. The van der Waals surface area contributed by atoms with Gasteiger partial charge in [-0.1, -0.05) is 25.6 Å². The number of aromatic nitrogens is 2. The molecule has 0 aliphatic carbocycles. The monoisotopic (exact) mass is 494 g/mol. The second kappa shape index (κ2) is 9.46. The van der Waals surface area contributed by atoms with Crippen molar-refractivity contribution in [1.29, 1.82) is 0 Å². The van der Waals surface area contributed by atoms with Crippen LogP contribution in [0, 0.1) is 5.82 Å². The van der Waals surface area contributed by atoms with Crippen molar-refractivity contribution in [2.75, 3.05) is 30.8 Å². The van der Waals surface area contributed by atoms with Crippen molar-refractivity contribution in [3.63, 3.8) is 0 Å². The summed E-state index contributed by atoms with van der Waals surface area (Å²) >= 11 is 1.34. The maximum absolute atomic E-state index is 14.9. The largest absolute Gasteiger partial charge is 0.474 e. The van der Waals surface area contributed by atoms with Crippen LogP contribution in [0.25, 0.3) is 0 Å². The Kier molecular flexibility index (Phi) is 6.81. The molecule has 1 saturated heterocycles. The Hall–Kier alpha value is -2.40. The molecule has 2 aliphatic rings. The number of fused-ring (bicyclic) bond motifs is 1. The molecular weight excluding hydrogens is 467 g/mol. The molecule has 3 heterocycles. The number of anilines is 2. The summed E-state index contributed by atoms with van der Waals surface area (Å²) in [5.74, 6) is 0.288. The lowest BCUT2D eigenvalue weighted by atomic mass is 10.1. The Morgan fingerprint density at radius 3 is 2.58 bits per heavy atom. The van der Waals surface area contributed by atoms with Gasteiger partial charge in [0.25, 0.3) is 5.24 Å². The number of hydrogen-bond donors (Lipinski definition) is 0. The first-order valence-corrected chi connectivity index (χ1v) is 13.6. The van der Waals surface area contributed by atoms with Gasteiger partial charge in [-0.15, -0.1) is 0 Å². The van der Waals surface area contributed by atoms with Crippen LogP contribution in [0.5, 0.6) is 5.88 Å². The van der Waals surface area contributed by atoms with Crippen LogP contribution in [-0.2, 0) is 16.3 Å². The number of halogens is 1. The minimum absolute atomic E-state index is 0.0241. The molecule has 0 saturated carbocycles. The highest BCUT2D eigenvalue weighted by Gasteiger charge is 2.29. The third kappa shape index (κ3) is 5.40. The fourth-order valence-electron chi connectivity index (χ4n) is 4.05.